The van der Waals surface area contributed by atoms with E-state index in [1.165, 1.54) is 21.6 Å². The highest BCUT2D eigenvalue weighted by atomic mass is 35.5. The summed E-state index contributed by atoms with van der Waals surface area (Å²) in [4.78, 5) is 4.37. The Morgan fingerprint density at radius 2 is 1.63 bits per heavy atom. The SMILES string of the molecule is Cc1nc([C@@H]2O[C@H](C)[C@H](O)[C@H](n3cc(-c4cc(F)c(Cl)c(F)c4)nn3)[C@H]2O)n(-c2cc(Cl)c(F)cc2Cl)n1. The molecular formula is C23H18Cl3F3N6O3. The van der Waals surface area contributed by atoms with Crippen molar-refractivity contribution in [1.82, 2.24) is 29.8 Å². The van der Waals surface area contributed by atoms with Gasteiger partial charge in [0.1, 0.15) is 58.3 Å². The maximum absolute atomic E-state index is 14.0. The van der Waals surface area contributed by atoms with E-state index in [0.717, 1.165) is 18.2 Å². The normalized spacial score (nSPS) is 23.7. The van der Waals surface area contributed by atoms with Gasteiger partial charge in [0.05, 0.1) is 28.0 Å². The Morgan fingerprint density at radius 1 is 0.947 bits per heavy atom. The molecule has 2 N–H and O–H groups in total. The second-order valence-corrected chi connectivity index (χ2v) is 9.91. The van der Waals surface area contributed by atoms with E-state index in [2.05, 4.69) is 20.4 Å². The molecule has 0 aliphatic carbocycles. The number of nitrogens with zero attached hydrogens (tertiary/aromatic N) is 6. The first-order chi connectivity index (χ1) is 18.0. The van der Waals surface area contributed by atoms with E-state index in [-0.39, 0.29) is 38.6 Å². The van der Waals surface area contributed by atoms with Gasteiger partial charge in [-0.1, -0.05) is 40.0 Å². The molecule has 1 fully saturated rings. The minimum atomic E-state index is -1.47. The zero-order valence-corrected chi connectivity index (χ0v) is 21.8. The quantitative estimate of drug-likeness (QED) is 0.264. The number of ether oxygens (including phenoxy) is 1. The van der Waals surface area contributed by atoms with Crippen molar-refractivity contribution in [3.8, 4) is 16.9 Å². The highest BCUT2D eigenvalue weighted by Crippen LogP contribution is 2.39. The standard InChI is InChI=1S/C23H18Cl3F3N6O3/c1-8-20(36)19(34-7-16(31-33-34)10-3-14(28)18(26)15(29)4-10)21(37)22(38-8)23-30-9(2)32-35(23)17-6-11(24)13(27)5-12(17)25/h3-8,19-22,36-37H,1-2H3/t8-,19+,20+,21-,22-/m1/s1. The number of hydrogen-bond acceptors (Lipinski definition) is 7. The minimum absolute atomic E-state index is 0.0173. The highest BCUT2D eigenvalue weighted by Gasteiger charge is 2.47. The smallest absolute Gasteiger partial charge is 0.164 e. The van der Waals surface area contributed by atoms with Crippen LogP contribution in [0, 0.1) is 24.4 Å². The number of aromatic nitrogens is 6. The number of benzene rings is 2. The summed E-state index contributed by atoms with van der Waals surface area (Å²) in [6, 6.07) is 3.14. The van der Waals surface area contributed by atoms with Crippen molar-refractivity contribution in [3.63, 3.8) is 0 Å². The van der Waals surface area contributed by atoms with Crippen molar-refractivity contribution in [2.45, 2.75) is 44.3 Å². The molecule has 0 saturated carbocycles. The molecule has 0 amide bonds. The summed E-state index contributed by atoms with van der Waals surface area (Å²) in [6.45, 7) is 3.17. The lowest BCUT2D eigenvalue weighted by molar-refractivity contribution is -0.196. The molecule has 0 spiro atoms. The van der Waals surface area contributed by atoms with Gasteiger partial charge in [-0.05, 0) is 38.1 Å². The zero-order chi connectivity index (χ0) is 27.5. The molecule has 3 heterocycles. The first-order valence-electron chi connectivity index (χ1n) is 11.1. The van der Waals surface area contributed by atoms with E-state index < -0.39 is 52.9 Å². The van der Waals surface area contributed by atoms with Crippen molar-refractivity contribution in [2.24, 2.45) is 0 Å². The van der Waals surface area contributed by atoms with Crippen LogP contribution in [0.3, 0.4) is 0 Å². The van der Waals surface area contributed by atoms with E-state index in [0.29, 0.717) is 0 Å². The highest BCUT2D eigenvalue weighted by molar-refractivity contribution is 6.34. The van der Waals surface area contributed by atoms with Crippen molar-refractivity contribution >= 4 is 34.8 Å². The number of aryl methyl sites for hydroxylation is 1. The van der Waals surface area contributed by atoms with Gasteiger partial charge in [-0.15, -0.1) is 5.10 Å². The molecule has 0 bridgehead atoms. The van der Waals surface area contributed by atoms with Crippen LogP contribution >= 0.6 is 34.8 Å². The molecule has 0 unspecified atom stereocenters. The first kappa shape index (κ1) is 26.9. The van der Waals surface area contributed by atoms with Crippen LogP contribution in [0.5, 0.6) is 0 Å². The lowest BCUT2D eigenvalue weighted by Gasteiger charge is -2.41. The Bertz CT molecular complexity index is 1510. The van der Waals surface area contributed by atoms with Crippen LogP contribution in [-0.2, 0) is 4.74 Å². The zero-order valence-electron chi connectivity index (χ0n) is 19.5. The van der Waals surface area contributed by atoms with E-state index >= 15 is 0 Å². The Balaban J connectivity index is 1.54. The van der Waals surface area contributed by atoms with Gasteiger partial charge in [0, 0.05) is 5.56 Å². The number of rotatable bonds is 4. The van der Waals surface area contributed by atoms with Crippen LogP contribution in [-0.4, -0.2) is 58.3 Å². The Labute approximate surface area is 228 Å². The molecule has 1 aliphatic rings. The van der Waals surface area contributed by atoms with E-state index in [4.69, 9.17) is 39.5 Å². The van der Waals surface area contributed by atoms with E-state index in [9.17, 15) is 23.4 Å². The van der Waals surface area contributed by atoms with E-state index in [1.54, 1.807) is 13.8 Å². The molecule has 9 nitrogen and oxygen atoms in total. The molecule has 5 atom stereocenters. The average molecular weight is 590 g/mol. The van der Waals surface area contributed by atoms with Crippen molar-refractivity contribution < 1.29 is 28.1 Å². The molecule has 200 valence electrons. The van der Waals surface area contributed by atoms with Gasteiger partial charge in [-0.2, -0.15) is 5.10 Å². The van der Waals surface area contributed by atoms with Crippen LogP contribution in [0.2, 0.25) is 15.1 Å². The van der Waals surface area contributed by atoms with Gasteiger partial charge in [-0.25, -0.2) is 27.5 Å². The topological polar surface area (TPSA) is 111 Å². The second-order valence-electron chi connectivity index (χ2n) is 8.72. The van der Waals surface area contributed by atoms with Crippen LogP contribution in [0.1, 0.15) is 30.7 Å². The third-order valence-electron chi connectivity index (χ3n) is 6.16. The molecule has 1 aliphatic heterocycles. The molecule has 15 heteroatoms. The maximum Gasteiger partial charge on any atom is 0.164 e. The monoisotopic (exact) mass is 588 g/mol. The molecule has 0 radical (unpaired) electrons. The van der Waals surface area contributed by atoms with Gasteiger partial charge in [-0.3, -0.25) is 0 Å². The van der Waals surface area contributed by atoms with Crippen molar-refractivity contribution in [1.29, 1.82) is 0 Å². The lowest BCUT2D eigenvalue weighted by atomic mass is 9.92. The third kappa shape index (κ3) is 4.65. The Morgan fingerprint density at radius 3 is 2.32 bits per heavy atom. The minimum Gasteiger partial charge on any atom is -0.388 e. The third-order valence-corrected chi connectivity index (χ3v) is 7.11. The second kappa shape index (κ2) is 10.1. The molecule has 38 heavy (non-hydrogen) atoms. The number of aliphatic hydroxyl groups excluding tert-OH is 2. The maximum atomic E-state index is 14.0. The summed E-state index contributed by atoms with van der Waals surface area (Å²) in [5.41, 5.74) is 0.311. The molecule has 1 saturated heterocycles. The van der Waals surface area contributed by atoms with Crippen LogP contribution in [0.4, 0.5) is 13.2 Å². The lowest BCUT2D eigenvalue weighted by Crippen LogP contribution is -2.51. The predicted octanol–water partition coefficient (Wildman–Crippen LogP) is 4.63. The van der Waals surface area contributed by atoms with E-state index in [1.807, 2.05) is 0 Å². The summed E-state index contributed by atoms with van der Waals surface area (Å²) in [6.07, 6.45) is -3.43. The first-order valence-corrected chi connectivity index (χ1v) is 12.3. The van der Waals surface area contributed by atoms with Crippen molar-refractivity contribution in [2.75, 3.05) is 0 Å². The van der Waals surface area contributed by atoms with Crippen LogP contribution < -0.4 is 0 Å². The number of hydrogen-bond donors (Lipinski definition) is 2. The summed E-state index contributed by atoms with van der Waals surface area (Å²) >= 11 is 17.8. The number of halogens is 6. The molecule has 2 aromatic heterocycles. The summed E-state index contributed by atoms with van der Waals surface area (Å²) in [5, 5.41) is 33.6. The largest absolute Gasteiger partial charge is 0.388 e. The summed E-state index contributed by atoms with van der Waals surface area (Å²) < 4.78 is 50.2. The van der Waals surface area contributed by atoms with Crippen molar-refractivity contribution in [3.05, 3.63) is 74.6 Å². The predicted molar refractivity (Wildman–Crippen MR) is 131 cm³/mol. The fourth-order valence-corrected chi connectivity index (χ4v) is 4.80. The Hall–Kier alpha value is -2.74. The summed E-state index contributed by atoms with van der Waals surface area (Å²) in [5.74, 6) is -2.30. The average Bonchev–Trinajstić information content (AvgIpc) is 3.49. The van der Waals surface area contributed by atoms with Gasteiger partial charge in [0.25, 0.3) is 0 Å². The van der Waals surface area contributed by atoms with Gasteiger partial charge in [0.2, 0.25) is 0 Å². The molecular weight excluding hydrogens is 572 g/mol. The molecule has 5 rings (SSSR count). The van der Waals surface area contributed by atoms with Crippen LogP contribution in [0.15, 0.2) is 30.5 Å². The molecule has 2 aromatic carbocycles. The van der Waals surface area contributed by atoms with Gasteiger partial charge in [0.15, 0.2) is 5.82 Å². The van der Waals surface area contributed by atoms with Gasteiger partial charge < -0.3 is 14.9 Å². The fourth-order valence-electron chi connectivity index (χ4n) is 4.30. The number of aliphatic hydroxyl groups is 2. The molecule has 4 aromatic rings. The fraction of sp³-hybridized carbons (Fsp3) is 0.304. The van der Waals surface area contributed by atoms with Crippen LogP contribution in [0.25, 0.3) is 16.9 Å². The summed E-state index contributed by atoms with van der Waals surface area (Å²) in [7, 11) is 0. The van der Waals surface area contributed by atoms with Gasteiger partial charge >= 0.3 is 0 Å². The Kier molecular flexibility index (Phi) is 7.14.